The highest BCUT2D eigenvalue weighted by atomic mass is 19.1. The van der Waals surface area contributed by atoms with E-state index < -0.39 is 0 Å². The Morgan fingerprint density at radius 3 is 2.32 bits per heavy atom. The first-order valence-corrected chi connectivity index (χ1v) is 7.03. The Labute approximate surface area is 116 Å². The van der Waals surface area contributed by atoms with E-state index in [0.717, 1.165) is 24.9 Å². The Bertz CT molecular complexity index is 375. The molecule has 1 rings (SSSR count). The molecule has 0 amide bonds. The molecule has 0 bridgehead atoms. The van der Waals surface area contributed by atoms with E-state index >= 15 is 0 Å². The average Bonchev–Trinajstić information content (AvgIpc) is 2.38. The van der Waals surface area contributed by atoms with Crippen LogP contribution in [0.1, 0.15) is 32.8 Å². The summed E-state index contributed by atoms with van der Waals surface area (Å²) in [5.41, 5.74) is 7.03. The normalized spacial score (nSPS) is 14.9. The van der Waals surface area contributed by atoms with Crippen molar-refractivity contribution in [2.24, 2.45) is 11.7 Å². The van der Waals surface area contributed by atoms with Gasteiger partial charge in [-0.1, -0.05) is 26.0 Å². The van der Waals surface area contributed by atoms with Crippen molar-refractivity contribution in [2.45, 2.75) is 39.2 Å². The molecule has 0 aromatic heterocycles. The fourth-order valence-corrected chi connectivity index (χ4v) is 2.13. The van der Waals surface area contributed by atoms with Gasteiger partial charge in [0.05, 0.1) is 0 Å². The minimum atomic E-state index is -0.189. The van der Waals surface area contributed by atoms with E-state index in [9.17, 15) is 4.39 Å². The second kappa shape index (κ2) is 7.01. The van der Waals surface area contributed by atoms with Gasteiger partial charge < -0.3 is 5.73 Å². The third-order valence-electron chi connectivity index (χ3n) is 3.90. The summed E-state index contributed by atoms with van der Waals surface area (Å²) in [6, 6.07) is 6.72. The van der Waals surface area contributed by atoms with Crippen LogP contribution < -0.4 is 5.73 Å². The maximum atomic E-state index is 12.9. The monoisotopic (exact) mass is 266 g/mol. The Balaban J connectivity index is 2.70. The summed E-state index contributed by atoms with van der Waals surface area (Å²) in [6.45, 7) is 8.27. The van der Waals surface area contributed by atoms with Crippen LogP contribution in [0, 0.1) is 11.7 Å². The van der Waals surface area contributed by atoms with E-state index in [4.69, 9.17) is 5.73 Å². The largest absolute Gasteiger partial charge is 0.329 e. The van der Waals surface area contributed by atoms with Gasteiger partial charge in [0, 0.05) is 12.1 Å². The maximum Gasteiger partial charge on any atom is 0.123 e. The molecule has 0 fully saturated rings. The zero-order valence-electron chi connectivity index (χ0n) is 12.6. The van der Waals surface area contributed by atoms with Crippen LogP contribution in [-0.2, 0) is 6.42 Å². The average molecular weight is 266 g/mol. The Morgan fingerprint density at radius 1 is 1.26 bits per heavy atom. The fraction of sp³-hybridized carbons (Fsp3) is 0.625. The molecule has 0 saturated heterocycles. The summed E-state index contributed by atoms with van der Waals surface area (Å²) in [5.74, 6) is 0.502. The highest BCUT2D eigenvalue weighted by Crippen LogP contribution is 2.20. The molecule has 3 heteroatoms. The molecule has 2 N–H and O–H groups in total. The van der Waals surface area contributed by atoms with E-state index in [1.54, 1.807) is 0 Å². The van der Waals surface area contributed by atoms with Gasteiger partial charge in [0.25, 0.3) is 0 Å². The van der Waals surface area contributed by atoms with Crippen molar-refractivity contribution >= 4 is 0 Å². The van der Waals surface area contributed by atoms with Crippen LogP contribution in [0.2, 0.25) is 0 Å². The van der Waals surface area contributed by atoms with Crippen LogP contribution in [0.15, 0.2) is 24.3 Å². The maximum absolute atomic E-state index is 12.9. The van der Waals surface area contributed by atoms with Gasteiger partial charge >= 0.3 is 0 Å². The van der Waals surface area contributed by atoms with Gasteiger partial charge in [0.1, 0.15) is 5.82 Å². The molecule has 0 aliphatic heterocycles. The third-order valence-corrected chi connectivity index (χ3v) is 3.90. The lowest BCUT2D eigenvalue weighted by Crippen LogP contribution is -2.51. The van der Waals surface area contributed by atoms with Crippen molar-refractivity contribution in [1.82, 2.24) is 4.90 Å². The summed E-state index contributed by atoms with van der Waals surface area (Å²) in [6.07, 6.45) is 2.01. The first kappa shape index (κ1) is 16.1. The molecule has 0 aliphatic carbocycles. The van der Waals surface area contributed by atoms with Crippen LogP contribution in [0.3, 0.4) is 0 Å². The number of nitrogens with zero attached hydrogens (tertiary/aromatic N) is 1. The first-order chi connectivity index (χ1) is 8.87. The van der Waals surface area contributed by atoms with Crippen molar-refractivity contribution in [3.05, 3.63) is 35.6 Å². The topological polar surface area (TPSA) is 29.3 Å². The second-order valence-corrected chi connectivity index (χ2v) is 6.11. The molecule has 0 saturated carbocycles. The van der Waals surface area contributed by atoms with Crippen LogP contribution in [-0.4, -0.2) is 30.6 Å². The Morgan fingerprint density at radius 2 is 1.84 bits per heavy atom. The van der Waals surface area contributed by atoms with Gasteiger partial charge in [0.15, 0.2) is 0 Å². The molecule has 2 nitrogen and oxygen atoms in total. The zero-order valence-corrected chi connectivity index (χ0v) is 12.6. The summed E-state index contributed by atoms with van der Waals surface area (Å²) >= 11 is 0. The third kappa shape index (κ3) is 4.92. The van der Waals surface area contributed by atoms with Gasteiger partial charge in [-0.2, -0.15) is 0 Å². The quantitative estimate of drug-likeness (QED) is 0.822. The number of halogens is 1. The van der Waals surface area contributed by atoms with E-state index in [1.165, 1.54) is 12.1 Å². The van der Waals surface area contributed by atoms with E-state index in [-0.39, 0.29) is 11.4 Å². The molecule has 1 unspecified atom stereocenters. The van der Waals surface area contributed by atoms with Crippen molar-refractivity contribution in [1.29, 1.82) is 0 Å². The molecular weight excluding hydrogens is 239 g/mol. The lowest BCUT2D eigenvalue weighted by Gasteiger charge is -2.38. The minimum Gasteiger partial charge on any atom is -0.329 e. The molecule has 19 heavy (non-hydrogen) atoms. The van der Waals surface area contributed by atoms with E-state index in [1.807, 2.05) is 12.1 Å². The smallest absolute Gasteiger partial charge is 0.123 e. The summed E-state index contributed by atoms with van der Waals surface area (Å²) in [5, 5.41) is 0. The van der Waals surface area contributed by atoms with Crippen molar-refractivity contribution in [3.8, 4) is 0 Å². The predicted octanol–water partition coefficient (Wildman–Crippen LogP) is 3.06. The Hall–Kier alpha value is -0.930. The SMILES string of the molecule is CC(C)CCN(C)C(C)(CN)Cc1ccc(F)cc1. The number of hydrogen-bond donors (Lipinski definition) is 1. The molecule has 0 spiro atoms. The highest BCUT2D eigenvalue weighted by molar-refractivity contribution is 5.19. The zero-order chi connectivity index (χ0) is 14.5. The van der Waals surface area contributed by atoms with Gasteiger partial charge in [-0.15, -0.1) is 0 Å². The van der Waals surface area contributed by atoms with Crippen LogP contribution in [0.25, 0.3) is 0 Å². The summed E-state index contributed by atoms with van der Waals surface area (Å²) in [4.78, 5) is 2.33. The molecule has 0 heterocycles. The molecule has 1 atom stereocenters. The van der Waals surface area contributed by atoms with Crippen LogP contribution in [0.5, 0.6) is 0 Å². The van der Waals surface area contributed by atoms with Crippen molar-refractivity contribution < 1.29 is 4.39 Å². The molecule has 108 valence electrons. The minimum absolute atomic E-state index is 0.0767. The number of hydrogen-bond acceptors (Lipinski definition) is 2. The van der Waals surface area contributed by atoms with E-state index in [0.29, 0.717) is 12.5 Å². The number of rotatable bonds is 7. The predicted molar refractivity (Wildman–Crippen MR) is 79.6 cm³/mol. The lowest BCUT2D eigenvalue weighted by molar-refractivity contribution is 0.137. The second-order valence-electron chi connectivity index (χ2n) is 6.11. The number of nitrogens with two attached hydrogens (primary N) is 1. The molecule has 1 aromatic carbocycles. The van der Waals surface area contributed by atoms with E-state index in [2.05, 4.69) is 32.7 Å². The van der Waals surface area contributed by atoms with Crippen molar-refractivity contribution in [2.75, 3.05) is 20.1 Å². The summed E-state index contributed by atoms with van der Waals surface area (Å²) < 4.78 is 12.9. The molecule has 1 aromatic rings. The molecule has 0 radical (unpaired) electrons. The van der Waals surface area contributed by atoms with Crippen LogP contribution in [0.4, 0.5) is 4.39 Å². The standard InChI is InChI=1S/C16H27FN2/c1-13(2)9-10-19(4)16(3,12-18)11-14-5-7-15(17)8-6-14/h5-8,13H,9-12,18H2,1-4H3. The first-order valence-electron chi connectivity index (χ1n) is 7.03. The molecular formula is C16H27FN2. The fourth-order valence-electron chi connectivity index (χ4n) is 2.13. The van der Waals surface area contributed by atoms with Gasteiger partial charge in [-0.3, -0.25) is 4.90 Å². The Kier molecular flexibility index (Phi) is 5.95. The lowest BCUT2D eigenvalue weighted by atomic mass is 9.90. The highest BCUT2D eigenvalue weighted by Gasteiger charge is 2.27. The van der Waals surface area contributed by atoms with Gasteiger partial charge in [-0.25, -0.2) is 4.39 Å². The van der Waals surface area contributed by atoms with Gasteiger partial charge in [-0.05, 0) is 57.0 Å². The molecule has 0 aliphatic rings. The number of benzene rings is 1. The van der Waals surface area contributed by atoms with Crippen molar-refractivity contribution in [3.63, 3.8) is 0 Å². The van der Waals surface area contributed by atoms with Gasteiger partial charge in [0.2, 0.25) is 0 Å². The number of likely N-dealkylation sites (N-methyl/N-ethyl adjacent to an activating group) is 1. The van der Waals surface area contributed by atoms with Crippen LogP contribution >= 0.6 is 0 Å². The summed E-state index contributed by atoms with van der Waals surface area (Å²) in [7, 11) is 2.12.